The number of nitrogens with one attached hydrogen (secondary N) is 1. The number of esters is 1. The number of likely N-dealkylation sites (N-methyl/N-ethyl adjacent to an activating group) is 1. The van der Waals surface area contributed by atoms with Gasteiger partial charge in [-0.1, -0.05) is 6.92 Å². The molecule has 0 radical (unpaired) electrons. The van der Waals surface area contributed by atoms with Gasteiger partial charge in [0.15, 0.2) is 0 Å². The molecule has 0 aromatic heterocycles. The van der Waals surface area contributed by atoms with Crippen molar-refractivity contribution in [3.63, 3.8) is 0 Å². The number of carbonyl (C=O) groups excluding carboxylic acids is 1. The summed E-state index contributed by atoms with van der Waals surface area (Å²) in [5.74, 6) is -0.152. The third kappa shape index (κ3) is 2.89. The maximum absolute atomic E-state index is 10.8. The molecule has 0 saturated heterocycles. The summed E-state index contributed by atoms with van der Waals surface area (Å²) in [5, 5.41) is 2.75. The third-order valence-electron chi connectivity index (χ3n) is 2.01. The number of ether oxygens (including phenoxy) is 1. The highest BCUT2D eigenvalue weighted by molar-refractivity contribution is 5.71. The minimum atomic E-state index is -0.152. The minimum Gasteiger partial charge on any atom is -0.464 e. The van der Waals surface area contributed by atoms with Crippen LogP contribution in [0.3, 0.4) is 0 Å². The summed E-state index contributed by atoms with van der Waals surface area (Å²) in [6.07, 6.45) is 2.39. The fraction of sp³-hybridized carbons (Fsp3) is 0.875. The van der Waals surface area contributed by atoms with Gasteiger partial charge in [-0.3, -0.25) is 4.79 Å². The lowest BCUT2D eigenvalue weighted by Crippen LogP contribution is -2.23. The molecule has 0 spiro atoms. The molecule has 1 aliphatic carbocycles. The normalized spacial score (nSPS) is 19.5. The fourth-order valence-corrected chi connectivity index (χ4v) is 0.808. The van der Waals surface area contributed by atoms with Gasteiger partial charge >= 0.3 is 5.97 Å². The molecule has 1 saturated carbocycles. The number of hydrogen-bond acceptors (Lipinski definition) is 3. The SMILES string of the molecule is CNCC(=O)OCC1(C)CC1. The predicted octanol–water partition coefficient (Wildman–Crippen LogP) is 0.549. The van der Waals surface area contributed by atoms with E-state index in [1.807, 2.05) is 0 Å². The molecule has 64 valence electrons. The van der Waals surface area contributed by atoms with Crippen molar-refractivity contribution >= 4 is 5.97 Å². The second-order valence-electron chi connectivity index (χ2n) is 3.50. The van der Waals surface area contributed by atoms with Gasteiger partial charge in [0.1, 0.15) is 0 Å². The number of hydrogen-bond donors (Lipinski definition) is 1. The topological polar surface area (TPSA) is 38.3 Å². The van der Waals surface area contributed by atoms with Crippen LogP contribution in [0.5, 0.6) is 0 Å². The van der Waals surface area contributed by atoms with Crippen molar-refractivity contribution in [2.45, 2.75) is 19.8 Å². The Bertz CT molecular complexity index is 152. The molecule has 0 aliphatic heterocycles. The first kappa shape index (κ1) is 8.53. The van der Waals surface area contributed by atoms with Gasteiger partial charge in [0.25, 0.3) is 0 Å². The van der Waals surface area contributed by atoms with Gasteiger partial charge in [-0.2, -0.15) is 0 Å². The first-order chi connectivity index (χ1) is 5.16. The van der Waals surface area contributed by atoms with Gasteiger partial charge in [0.2, 0.25) is 0 Å². The Morgan fingerprint density at radius 1 is 1.64 bits per heavy atom. The Morgan fingerprint density at radius 3 is 2.73 bits per heavy atom. The molecule has 0 aromatic rings. The smallest absolute Gasteiger partial charge is 0.319 e. The molecule has 11 heavy (non-hydrogen) atoms. The molecular formula is C8H15NO2. The first-order valence-electron chi connectivity index (χ1n) is 3.96. The summed E-state index contributed by atoms with van der Waals surface area (Å²) >= 11 is 0. The zero-order valence-electron chi connectivity index (χ0n) is 7.14. The molecule has 3 nitrogen and oxygen atoms in total. The maximum Gasteiger partial charge on any atom is 0.319 e. The minimum absolute atomic E-state index is 0.152. The molecule has 0 unspecified atom stereocenters. The van der Waals surface area contributed by atoms with Gasteiger partial charge in [-0.15, -0.1) is 0 Å². The van der Waals surface area contributed by atoms with Crippen molar-refractivity contribution in [2.75, 3.05) is 20.2 Å². The average molecular weight is 157 g/mol. The average Bonchev–Trinajstić information content (AvgIpc) is 2.66. The summed E-state index contributed by atoms with van der Waals surface area (Å²) in [4.78, 5) is 10.8. The van der Waals surface area contributed by atoms with Crippen molar-refractivity contribution in [3.8, 4) is 0 Å². The summed E-state index contributed by atoms with van der Waals surface area (Å²) in [6, 6.07) is 0. The molecule has 3 heteroatoms. The molecule has 0 heterocycles. The molecule has 0 bridgehead atoms. The van der Waals surface area contributed by atoms with Crippen LogP contribution < -0.4 is 5.32 Å². The van der Waals surface area contributed by atoms with Gasteiger partial charge in [0, 0.05) is 5.41 Å². The van der Waals surface area contributed by atoms with E-state index in [2.05, 4.69) is 12.2 Å². The quantitative estimate of drug-likeness (QED) is 0.606. The Morgan fingerprint density at radius 2 is 2.27 bits per heavy atom. The van der Waals surface area contributed by atoms with Crippen LogP contribution in [0, 0.1) is 5.41 Å². The molecule has 1 rings (SSSR count). The standard InChI is InChI=1S/C8H15NO2/c1-8(3-4-8)6-11-7(10)5-9-2/h9H,3-6H2,1-2H3. The van der Waals surface area contributed by atoms with Crippen LogP contribution in [0.25, 0.3) is 0 Å². The summed E-state index contributed by atoms with van der Waals surface area (Å²) in [5.41, 5.74) is 0.309. The Labute approximate surface area is 67.1 Å². The van der Waals surface area contributed by atoms with E-state index in [9.17, 15) is 4.79 Å². The van der Waals surface area contributed by atoms with Gasteiger partial charge in [-0.25, -0.2) is 0 Å². The van der Waals surface area contributed by atoms with E-state index < -0.39 is 0 Å². The van der Waals surface area contributed by atoms with Crippen molar-refractivity contribution in [2.24, 2.45) is 5.41 Å². The number of carbonyl (C=O) groups is 1. The van der Waals surface area contributed by atoms with Gasteiger partial charge < -0.3 is 10.1 Å². The summed E-state index contributed by atoms with van der Waals surface area (Å²) in [6.45, 7) is 3.04. The highest BCUT2D eigenvalue weighted by Crippen LogP contribution is 2.44. The molecule has 1 N–H and O–H groups in total. The molecule has 0 amide bonds. The van der Waals surface area contributed by atoms with Crippen LogP contribution in [-0.4, -0.2) is 26.2 Å². The van der Waals surface area contributed by atoms with Crippen molar-refractivity contribution in [3.05, 3.63) is 0 Å². The summed E-state index contributed by atoms with van der Waals surface area (Å²) in [7, 11) is 1.74. The van der Waals surface area contributed by atoms with E-state index in [-0.39, 0.29) is 5.97 Å². The Hall–Kier alpha value is -0.570. The Balaban J connectivity index is 2.06. The molecule has 0 aromatic carbocycles. The van der Waals surface area contributed by atoms with Crippen molar-refractivity contribution in [1.82, 2.24) is 5.32 Å². The van der Waals surface area contributed by atoms with Gasteiger partial charge in [-0.05, 0) is 19.9 Å². The molecular weight excluding hydrogens is 142 g/mol. The Kier molecular flexibility index (Phi) is 2.49. The maximum atomic E-state index is 10.8. The zero-order valence-corrected chi connectivity index (χ0v) is 7.14. The van der Waals surface area contributed by atoms with Crippen molar-refractivity contribution < 1.29 is 9.53 Å². The largest absolute Gasteiger partial charge is 0.464 e. The van der Waals surface area contributed by atoms with E-state index >= 15 is 0 Å². The number of rotatable bonds is 4. The van der Waals surface area contributed by atoms with Crippen LogP contribution in [0.15, 0.2) is 0 Å². The highest BCUT2D eigenvalue weighted by atomic mass is 16.5. The van der Waals surface area contributed by atoms with Crippen LogP contribution in [0.4, 0.5) is 0 Å². The lowest BCUT2D eigenvalue weighted by atomic mass is 10.2. The van der Waals surface area contributed by atoms with Crippen LogP contribution in [0.2, 0.25) is 0 Å². The predicted molar refractivity (Wildman–Crippen MR) is 42.2 cm³/mol. The van der Waals surface area contributed by atoms with E-state index in [1.165, 1.54) is 12.8 Å². The zero-order chi connectivity index (χ0) is 8.32. The fourth-order valence-electron chi connectivity index (χ4n) is 0.808. The van der Waals surface area contributed by atoms with Crippen molar-refractivity contribution in [1.29, 1.82) is 0 Å². The van der Waals surface area contributed by atoms with E-state index in [4.69, 9.17) is 4.74 Å². The lowest BCUT2D eigenvalue weighted by Gasteiger charge is -2.08. The second kappa shape index (κ2) is 3.22. The van der Waals surface area contributed by atoms with E-state index in [1.54, 1.807) is 7.05 Å². The highest BCUT2D eigenvalue weighted by Gasteiger charge is 2.38. The van der Waals surface area contributed by atoms with Crippen LogP contribution in [0.1, 0.15) is 19.8 Å². The van der Waals surface area contributed by atoms with Crippen LogP contribution in [-0.2, 0) is 9.53 Å². The second-order valence-corrected chi connectivity index (χ2v) is 3.50. The summed E-state index contributed by atoms with van der Waals surface area (Å²) < 4.78 is 5.01. The lowest BCUT2D eigenvalue weighted by molar-refractivity contribution is -0.144. The third-order valence-corrected chi connectivity index (χ3v) is 2.01. The van der Waals surface area contributed by atoms with E-state index in [0.29, 0.717) is 18.6 Å². The first-order valence-corrected chi connectivity index (χ1v) is 3.96. The monoisotopic (exact) mass is 157 g/mol. The van der Waals surface area contributed by atoms with Gasteiger partial charge in [0.05, 0.1) is 13.2 Å². The molecule has 1 fully saturated rings. The van der Waals surface area contributed by atoms with Crippen LogP contribution >= 0.6 is 0 Å². The molecule has 1 aliphatic rings. The van der Waals surface area contributed by atoms with E-state index in [0.717, 1.165) is 0 Å². The molecule has 0 atom stereocenters.